The molecule has 1 aliphatic rings. The molecule has 43 heavy (non-hydrogen) atoms. The molecular weight excluding hydrogens is 613 g/mol. The van der Waals surface area contributed by atoms with Gasteiger partial charge in [-0.1, -0.05) is 67.7 Å². The van der Waals surface area contributed by atoms with Crippen LogP contribution in [0, 0.1) is 0 Å². The summed E-state index contributed by atoms with van der Waals surface area (Å²) in [4.78, 5) is 28.9. The average molecular weight is 649 g/mol. The zero-order valence-electron chi connectivity index (χ0n) is 24.1. The van der Waals surface area contributed by atoms with Gasteiger partial charge >= 0.3 is 0 Å². The first-order valence-electron chi connectivity index (χ1n) is 14.1. The van der Waals surface area contributed by atoms with Gasteiger partial charge in [0, 0.05) is 19.2 Å². The summed E-state index contributed by atoms with van der Waals surface area (Å²) >= 11 is 12.4. The van der Waals surface area contributed by atoms with Gasteiger partial charge in [-0.25, -0.2) is 8.42 Å². The SMILES string of the molecule is CCCCNC(=O)[C@@H](CC)N(Cc1ccc(Cl)c(Cl)c1)C(=O)CN(c1ccc2c(c1)OCCO2)S(=O)(=O)c1ccccc1. The van der Waals surface area contributed by atoms with Crippen LogP contribution in [-0.4, -0.2) is 57.5 Å². The number of hydrogen-bond acceptors (Lipinski definition) is 6. The first-order valence-corrected chi connectivity index (χ1v) is 16.3. The van der Waals surface area contributed by atoms with Crippen molar-refractivity contribution in [2.45, 2.75) is 50.6 Å². The highest BCUT2D eigenvalue weighted by atomic mass is 35.5. The maximum atomic E-state index is 14.2. The highest BCUT2D eigenvalue weighted by molar-refractivity contribution is 7.92. The number of hydrogen-bond donors (Lipinski definition) is 1. The number of halogens is 2. The lowest BCUT2D eigenvalue weighted by molar-refractivity contribution is -0.140. The molecule has 2 amide bonds. The van der Waals surface area contributed by atoms with E-state index in [2.05, 4.69) is 5.32 Å². The van der Waals surface area contributed by atoms with Gasteiger partial charge in [-0.05, 0) is 54.8 Å². The number of ether oxygens (including phenoxy) is 2. The van der Waals surface area contributed by atoms with E-state index < -0.39 is 28.5 Å². The van der Waals surface area contributed by atoms with Crippen LogP contribution >= 0.6 is 23.2 Å². The van der Waals surface area contributed by atoms with Crippen molar-refractivity contribution in [1.82, 2.24) is 10.2 Å². The summed E-state index contributed by atoms with van der Waals surface area (Å²) in [6.45, 7) is 4.41. The summed E-state index contributed by atoms with van der Waals surface area (Å²) in [5.74, 6) is -0.0348. The Morgan fingerprint density at radius 2 is 1.65 bits per heavy atom. The monoisotopic (exact) mass is 647 g/mol. The number of nitrogens with one attached hydrogen (secondary N) is 1. The Morgan fingerprint density at radius 3 is 2.33 bits per heavy atom. The average Bonchev–Trinajstić information content (AvgIpc) is 3.01. The minimum Gasteiger partial charge on any atom is -0.486 e. The lowest BCUT2D eigenvalue weighted by atomic mass is 10.1. The van der Waals surface area contributed by atoms with Crippen molar-refractivity contribution >= 4 is 50.7 Å². The third-order valence-corrected chi connectivity index (χ3v) is 9.50. The maximum Gasteiger partial charge on any atom is 0.264 e. The smallest absolute Gasteiger partial charge is 0.264 e. The Hall–Kier alpha value is -3.47. The van der Waals surface area contributed by atoms with E-state index in [1.165, 1.54) is 17.0 Å². The van der Waals surface area contributed by atoms with Crippen LogP contribution in [-0.2, 0) is 26.2 Å². The number of fused-ring (bicyclic) bond motifs is 1. The van der Waals surface area contributed by atoms with Crippen LogP contribution in [0.4, 0.5) is 5.69 Å². The van der Waals surface area contributed by atoms with E-state index in [4.69, 9.17) is 32.7 Å². The van der Waals surface area contributed by atoms with Gasteiger partial charge in [-0.15, -0.1) is 0 Å². The number of amides is 2. The second-order valence-electron chi connectivity index (χ2n) is 9.99. The summed E-state index contributed by atoms with van der Waals surface area (Å²) in [5.41, 5.74) is 0.857. The fourth-order valence-corrected chi connectivity index (χ4v) is 6.44. The highest BCUT2D eigenvalue weighted by Crippen LogP contribution is 2.36. The Morgan fingerprint density at radius 1 is 0.930 bits per heavy atom. The van der Waals surface area contributed by atoms with Gasteiger partial charge in [0.1, 0.15) is 25.8 Å². The Kier molecular flexibility index (Phi) is 11.2. The van der Waals surface area contributed by atoms with Crippen molar-refractivity contribution in [2.75, 3.05) is 30.6 Å². The molecule has 3 aromatic carbocycles. The van der Waals surface area contributed by atoms with Gasteiger partial charge in [-0.2, -0.15) is 0 Å². The normalized spacial score (nSPS) is 13.2. The van der Waals surface area contributed by atoms with E-state index in [-0.39, 0.29) is 23.0 Å². The number of sulfonamides is 1. The number of nitrogens with zero attached hydrogens (tertiary/aromatic N) is 2. The van der Waals surface area contributed by atoms with E-state index in [0.29, 0.717) is 53.3 Å². The molecule has 1 heterocycles. The molecular formula is C31H35Cl2N3O6S. The molecule has 12 heteroatoms. The molecule has 0 radical (unpaired) electrons. The molecule has 1 atom stereocenters. The first-order chi connectivity index (χ1) is 20.6. The van der Waals surface area contributed by atoms with Crippen molar-refractivity contribution in [3.63, 3.8) is 0 Å². The Balaban J connectivity index is 1.74. The number of benzene rings is 3. The summed E-state index contributed by atoms with van der Waals surface area (Å²) in [6, 6.07) is 16.7. The third-order valence-electron chi connectivity index (χ3n) is 6.98. The predicted molar refractivity (Wildman–Crippen MR) is 167 cm³/mol. The van der Waals surface area contributed by atoms with Crippen molar-refractivity contribution in [2.24, 2.45) is 0 Å². The Labute approximate surface area is 262 Å². The highest BCUT2D eigenvalue weighted by Gasteiger charge is 2.34. The lowest BCUT2D eigenvalue weighted by Crippen LogP contribution is -2.52. The van der Waals surface area contributed by atoms with E-state index in [0.717, 1.165) is 17.1 Å². The van der Waals surface area contributed by atoms with E-state index >= 15 is 0 Å². The molecule has 1 aliphatic heterocycles. The minimum absolute atomic E-state index is 0.00971. The molecule has 0 aliphatic carbocycles. The van der Waals surface area contributed by atoms with Crippen molar-refractivity contribution in [3.05, 3.63) is 82.3 Å². The molecule has 4 rings (SSSR count). The van der Waals surface area contributed by atoms with Crippen molar-refractivity contribution < 1.29 is 27.5 Å². The van der Waals surface area contributed by atoms with Crippen LogP contribution in [0.1, 0.15) is 38.7 Å². The Bertz CT molecular complexity index is 1540. The van der Waals surface area contributed by atoms with Gasteiger partial charge in [0.15, 0.2) is 11.5 Å². The van der Waals surface area contributed by atoms with Gasteiger partial charge in [0.25, 0.3) is 10.0 Å². The molecule has 0 saturated carbocycles. The summed E-state index contributed by atoms with van der Waals surface area (Å²) in [7, 11) is -4.21. The van der Waals surface area contributed by atoms with E-state index in [9.17, 15) is 18.0 Å². The second-order valence-corrected chi connectivity index (χ2v) is 12.7. The third kappa shape index (κ3) is 7.93. The molecule has 9 nitrogen and oxygen atoms in total. The topological polar surface area (TPSA) is 105 Å². The zero-order chi connectivity index (χ0) is 31.0. The molecule has 0 unspecified atom stereocenters. The minimum atomic E-state index is -4.21. The summed E-state index contributed by atoms with van der Waals surface area (Å²) in [5, 5.41) is 3.56. The molecule has 0 saturated heterocycles. The van der Waals surface area contributed by atoms with Crippen LogP contribution in [0.25, 0.3) is 0 Å². The summed E-state index contributed by atoms with van der Waals surface area (Å²) < 4.78 is 40.4. The molecule has 1 N–H and O–H groups in total. The number of carbonyl (C=O) groups is 2. The molecule has 0 fully saturated rings. The number of anilines is 1. The number of unbranched alkanes of at least 4 members (excludes halogenated alkanes) is 1. The molecule has 0 spiro atoms. The summed E-state index contributed by atoms with van der Waals surface area (Å²) in [6.07, 6.45) is 1.99. The van der Waals surface area contributed by atoms with Gasteiger partial charge in [-0.3, -0.25) is 13.9 Å². The van der Waals surface area contributed by atoms with Crippen molar-refractivity contribution in [3.8, 4) is 11.5 Å². The maximum absolute atomic E-state index is 14.2. The fraction of sp³-hybridized carbons (Fsp3) is 0.355. The first kappa shape index (κ1) is 32.4. The fourth-order valence-electron chi connectivity index (χ4n) is 4.70. The quantitative estimate of drug-likeness (QED) is 0.239. The van der Waals surface area contributed by atoms with Crippen LogP contribution in [0.3, 0.4) is 0 Å². The van der Waals surface area contributed by atoms with Gasteiger partial charge in [0.05, 0.1) is 20.6 Å². The molecule has 3 aromatic rings. The lowest BCUT2D eigenvalue weighted by Gasteiger charge is -2.33. The molecule has 0 aromatic heterocycles. The largest absolute Gasteiger partial charge is 0.486 e. The van der Waals surface area contributed by atoms with Gasteiger partial charge < -0.3 is 19.7 Å². The predicted octanol–water partition coefficient (Wildman–Crippen LogP) is 5.68. The number of rotatable bonds is 13. The molecule has 230 valence electrons. The van der Waals surface area contributed by atoms with E-state index in [1.54, 1.807) is 61.5 Å². The van der Waals surface area contributed by atoms with E-state index in [1.807, 2.05) is 6.92 Å². The van der Waals surface area contributed by atoms with Crippen LogP contribution < -0.4 is 19.1 Å². The second kappa shape index (κ2) is 14.8. The zero-order valence-corrected chi connectivity index (χ0v) is 26.4. The molecule has 0 bridgehead atoms. The van der Waals surface area contributed by atoms with Gasteiger partial charge in [0.2, 0.25) is 11.8 Å². The number of carbonyl (C=O) groups excluding carboxylic acids is 2. The standard InChI is InChI=1S/C31H35Cl2N3O6S/c1-3-5-15-34-31(38)27(4-2)35(20-22-11-13-25(32)26(33)18-22)30(37)21-36(43(39,40)24-9-7-6-8-10-24)23-12-14-28-29(19-23)42-17-16-41-28/h6-14,18-19,27H,3-5,15-17,20-21H2,1-2H3,(H,34,38)/t27-/m1/s1. The van der Waals surface area contributed by atoms with Crippen molar-refractivity contribution in [1.29, 1.82) is 0 Å². The van der Waals surface area contributed by atoms with Crippen LogP contribution in [0.5, 0.6) is 11.5 Å². The van der Waals surface area contributed by atoms with Crippen LogP contribution in [0.2, 0.25) is 10.0 Å². The van der Waals surface area contributed by atoms with Crippen LogP contribution in [0.15, 0.2) is 71.6 Å².